The van der Waals surface area contributed by atoms with E-state index in [1.165, 1.54) is 0 Å². The number of aliphatic carboxylic acids is 2. The minimum absolute atomic E-state index is 0. The maximum absolute atomic E-state index is 9.04. The van der Waals surface area contributed by atoms with Crippen molar-refractivity contribution in [3.05, 3.63) is 0 Å². The molecule has 0 radical (unpaired) electrons. The first-order valence-corrected chi connectivity index (χ1v) is 1.09. The van der Waals surface area contributed by atoms with Crippen LogP contribution in [-0.4, -0.2) is 17.0 Å². The van der Waals surface area contributed by atoms with Crippen molar-refractivity contribution in [2.75, 3.05) is 0 Å². The fraction of sp³-hybridized carbons (Fsp3) is 0. The zero-order valence-corrected chi connectivity index (χ0v) is 6.09. The van der Waals surface area contributed by atoms with Gasteiger partial charge in [-0.05, 0) is 0 Å². The summed E-state index contributed by atoms with van der Waals surface area (Å²) in [5.41, 5.74) is 0. The molecule has 0 spiro atoms. The molecule has 0 aromatic heterocycles. The molecule has 0 aromatic rings. The van der Waals surface area contributed by atoms with Gasteiger partial charge in [-0.3, -0.25) is 0 Å². The smallest absolute Gasteiger partial charge is 0.539 e. The Hall–Kier alpha value is 0.226. The maximum Gasteiger partial charge on any atom is 1.00 e. The average Bonchev–Trinajstić information content (AvgIpc) is 1.36. The molecule has 0 bridgehead atoms. The Labute approximate surface area is 71.7 Å². The molecule has 0 fully saturated rings. The van der Waals surface area contributed by atoms with Crippen molar-refractivity contribution in [3.63, 3.8) is 0 Å². The largest absolute Gasteiger partial charge is 1.00 e. The van der Waals surface area contributed by atoms with Gasteiger partial charge in [-0.1, -0.05) is 0 Å². The van der Waals surface area contributed by atoms with Gasteiger partial charge in [0.2, 0.25) is 0 Å². The van der Waals surface area contributed by atoms with E-state index in [0.29, 0.717) is 0 Å². The second-order valence-electron chi connectivity index (χ2n) is 0.593. The summed E-state index contributed by atoms with van der Waals surface area (Å²) >= 11 is 0. The molecule has 0 aliphatic rings. The van der Waals surface area contributed by atoms with Gasteiger partial charge < -0.3 is 15.0 Å². The van der Waals surface area contributed by atoms with E-state index in [1.807, 2.05) is 0 Å². The van der Waals surface area contributed by atoms with Crippen LogP contribution in [0, 0.1) is 0 Å². The van der Waals surface area contributed by atoms with Crippen LogP contribution in [0.3, 0.4) is 0 Å². The molecular weight excluding hydrogens is 191 g/mol. The van der Waals surface area contributed by atoms with Crippen molar-refractivity contribution in [2.24, 2.45) is 0 Å². The van der Waals surface area contributed by atoms with Crippen LogP contribution in [0.5, 0.6) is 0 Å². The first-order chi connectivity index (χ1) is 2.64. The van der Waals surface area contributed by atoms with Crippen LogP contribution >= 0.6 is 0 Å². The molecular formula is C2HLiMoO4. The predicted molar refractivity (Wildman–Crippen MR) is 12.6 cm³/mol. The zero-order valence-electron chi connectivity index (χ0n) is 4.08. The van der Waals surface area contributed by atoms with E-state index in [2.05, 4.69) is 0 Å². The number of carbonyl (C=O) groups is 2. The Bertz CT molecular complexity index is 80.0. The minimum atomic E-state index is -2.07. The zero-order chi connectivity index (χ0) is 5.15. The minimum Gasteiger partial charge on any atom is -0.539 e. The van der Waals surface area contributed by atoms with Crippen LogP contribution in [0.15, 0.2) is 0 Å². The maximum atomic E-state index is 9.04. The van der Waals surface area contributed by atoms with E-state index in [4.69, 9.17) is 19.8 Å². The number of carboxylic acids is 2. The Kier molecular flexibility index (Phi) is 14.2. The normalized spacial score (nSPS) is 5.50. The fourth-order valence-corrected chi connectivity index (χ4v) is 0. The summed E-state index contributed by atoms with van der Waals surface area (Å²) in [6.45, 7) is 0. The fourth-order valence-electron chi connectivity index (χ4n) is 0. The first kappa shape index (κ1) is 15.7. The number of carboxylic acid groups (broad SMARTS) is 2. The summed E-state index contributed by atoms with van der Waals surface area (Å²) < 4.78 is 0. The van der Waals surface area contributed by atoms with Gasteiger partial charge in [0.1, 0.15) is 0 Å². The average molecular weight is 192 g/mol. The van der Waals surface area contributed by atoms with Gasteiger partial charge in [0.15, 0.2) is 5.97 Å². The Balaban J connectivity index is -0.000000125. The summed E-state index contributed by atoms with van der Waals surface area (Å²) in [5.74, 6) is -4.01. The standard InChI is InChI=1S/C2H2O4.Li.Mo/c3-1(4)2(5)6;;/h(H,3,4)(H,5,6);;/q;+1;/p-1. The molecule has 0 unspecified atom stereocenters. The molecule has 8 heavy (non-hydrogen) atoms. The molecule has 4 nitrogen and oxygen atoms in total. The van der Waals surface area contributed by atoms with Gasteiger partial charge in [0.05, 0.1) is 0 Å². The number of hydrogen-bond acceptors (Lipinski definition) is 3. The summed E-state index contributed by atoms with van der Waals surface area (Å²) in [7, 11) is 0. The van der Waals surface area contributed by atoms with Crippen LogP contribution in [0.1, 0.15) is 0 Å². The molecule has 0 aliphatic carbocycles. The van der Waals surface area contributed by atoms with Crippen LogP contribution in [0.25, 0.3) is 0 Å². The van der Waals surface area contributed by atoms with E-state index in [-0.39, 0.29) is 39.9 Å². The third-order valence-corrected chi connectivity index (χ3v) is 0.175. The van der Waals surface area contributed by atoms with E-state index in [1.54, 1.807) is 0 Å². The molecule has 0 rings (SSSR count). The molecule has 6 heteroatoms. The van der Waals surface area contributed by atoms with Gasteiger partial charge in [-0.15, -0.1) is 0 Å². The van der Waals surface area contributed by atoms with E-state index in [9.17, 15) is 0 Å². The molecule has 0 heterocycles. The van der Waals surface area contributed by atoms with Crippen molar-refractivity contribution >= 4 is 11.9 Å². The van der Waals surface area contributed by atoms with Gasteiger partial charge in [-0.25, -0.2) is 4.79 Å². The monoisotopic (exact) mass is 194 g/mol. The second-order valence-corrected chi connectivity index (χ2v) is 0.593. The Morgan fingerprint density at radius 1 is 1.38 bits per heavy atom. The van der Waals surface area contributed by atoms with Crippen LogP contribution < -0.4 is 24.0 Å². The first-order valence-electron chi connectivity index (χ1n) is 1.09. The summed E-state index contributed by atoms with van der Waals surface area (Å²) in [6.07, 6.45) is 0. The van der Waals surface area contributed by atoms with Gasteiger partial charge in [-0.2, -0.15) is 0 Å². The van der Waals surface area contributed by atoms with E-state index >= 15 is 0 Å². The van der Waals surface area contributed by atoms with E-state index in [0.717, 1.165) is 0 Å². The van der Waals surface area contributed by atoms with Gasteiger partial charge in [0.25, 0.3) is 0 Å². The van der Waals surface area contributed by atoms with Gasteiger partial charge >= 0.3 is 24.8 Å². The quantitative estimate of drug-likeness (QED) is 0.307. The van der Waals surface area contributed by atoms with Crippen molar-refractivity contribution < 1.29 is 59.7 Å². The Morgan fingerprint density at radius 3 is 1.50 bits per heavy atom. The molecule has 1 N–H and O–H groups in total. The molecule has 0 aromatic carbocycles. The van der Waals surface area contributed by atoms with Crippen LogP contribution in [-0.2, 0) is 30.7 Å². The van der Waals surface area contributed by atoms with Crippen molar-refractivity contribution in [1.29, 1.82) is 0 Å². The number of rotatable bonds is 0. The second kappa shape index (κ2) is 7.23. The van der Waals surface area contributed by atoms with Crippen molar-refractivity contribution in [2.45, 2.75) is 0 Å². The summed E-state index contributed by atoms with van der Waals surface area (Å²) in [4.78, 5) is 18.0. The van der Waals surface area contributed by atoms with Crippen LogP contribution in [0.4, 0.5) is 0 Å². The molecule has 0 aliphatic heterocycles. The van der Waals surface area contributed by atoms with Gasteiger partial charge in [0, 0.05) is 21.1 Å². The third kappa shape index (κ3) is 9.52. The SMILES string of the molecule is O=C([O-])C(=O)O.[Li+].[Mo]. The molecule has 0 atom stereocenters. The van der Waals surface area contributed by atoms with E-state index < -0.39 is 11.9 Å². The molecule has 0 saturated heterocycles. The number of carbonyl (C=O) groups excluding carboxylic acids is 1. The topological polar surface area (TPSA) is 77.4 Å². The van der Waals surface area contributed by atoms with Crippen molar-refractivity contribution in [3.8, 4) is 0 Å². The Morgan fingerprint density at radius 2 is 1.50 bits per heavy atom. The van der Waals surface area contributed by atoms with Crippen molar-refractivity contribution in [1.82, 2.24) is 0 Å². The third-order valence-electron chi connectivity index (χ3n) is 0.175. The number of hydrogen-bond donors (Lipinski definition) is 1. The summed E-state index contributed by atoms with van der Waals surface area (Å²) in [6, 6.07) is 0. The molecule has 0 saturated carbocycles. The predicted octanol–water partition coefficient (Wildman–Crippen LogP) is -5.18. The molecule has 40 valence electrons. The molecule has 0 amide bonds. The van der Waals surface area contributed by atoms with Crippen LogP contribution in [0.2, 0.25) is 0 Å². The summed E-state index contributed by atoms with van der Waals surface area (Å²) in [5, 5.41) is 16.3.